The maximum absolute atomic E-state index is 13.0. The largest absolute Gasteiger partial charge is 0.496 e. The van der Waals surface area contributed by atoms with Crippen LogP contribution >= 0.6 is 11.6 Å². The van der Waals surface area contributed by atoms with Crippen molar-refractivity contribution in [3.63, 3.8) is 0 Å². The van der Waals surface area contributed by atoms with E-state index in [2.05, 4.69) is 5.32 Å². The van der Waals surface area contributed by atoms with E-state index < -0.39 is 0 Å². The van der Waals surface area contributed by atoms with Crippen molar-refractivity contribution in [2.75, 3.05) is 32.6 Å². The predicted octanol–water partition coefficient (Wildman–Crippen LogP) is 4.25. The van der Waals surface area contributed by atoms with E-state index in [0.29, 0.717) is 30.4 Å². The van der Waals surface area contributed by atoms with Crippen LogP contribution in [0, 0.1) is 5.92 Å². The SMILES string of the molecule is COc1ccc(Cl)cc1CN(C)C(=O)[C@H]1CCCN(C(=O)Nc2ccccc2)C1. The van der Waals surface area contributed by atoms with Gasteiger partial charge in [-0.2, -0.15) is 0 Å². The van der Waals surface area contributed by atoms with Gasteiger partial charge in [-0.05, 0) is 43.2 Å². The number of ether oxygens (including phenoxy) is 1. The topological polar surface area (TPSA) is 61.9 Å². The highest BCUT2D eigenvalue weighted by molar-refractivity contribution is 6.30. The zero-order chi connectivity index (χ0) is 20.8. The molecule has 7 heteroatoms. The van der Waals surface area contributed by atoms with Crippen LogP contribution < -0.4 is 10.1 Å². The monoisotopic (exact) mass is 415 g/mol. The van der Waals surface area contributed by atoms with Crippen LogP contribution in [-0.2, 0) is 11.3 Å². The molecule has 1 atom stereocenters. The van der Waals surface area contributed by atoms with Gasteiger partial charge in [-0.1, -0.05) is 29.8 Å². The Hall–Kier alpha value is -2.73. The van der Waals surface area contributed by atoms with Crippen molar-refractivity contribution in [2.45, 2.75) is 19.4 Å². The van der Waals surface area contributed by atoms with Crippen LogP contribution in [0.2, 0.25) is 5.02 Å². The van der Waals surface area contributed by atoms with Gasteiger partial charge in [0.1, 0.15) is 5.75 Å². The molecular formula is C22H26ClN3O3. The van der Waals surface area contributed by atoms with Crippen LogP contribution in [0.3, 0.4) is 0 Å². The Bertz CT molecular complexity index is 860. The summed E-state index contributed by atoms with van der Waals surface area (Å²) in [5, 5.41) is 3.49. The van der Waals surface area contributed by atoms with Crippen molar-refractivity contribution < 1.29 is 14.3 Å². The lowest BCUT2D eigenvalue weighted by Gasteiger charge is -2.34. The lowest BCUT2D eigenvalue weighted by atomic mass is 9.96. The number of piperidine rings is 1. The number of amides is 3. The molecule has 1 fully saturated rings. The Morgan fingerprint density at radius 3 is 2.72 bits per heavy atom. The predicted molar refractivity (Wildman–Crippen MR) is 114 cm³/mol. The Morgan fingerprint density at radius 1 is 1.24 bits per heavy atom. The first kappa shape index (κ1) is 21.0. The molecule has 0 spiro atoms. The highest BCUT2D eigenvalue weighted by Gasteiger charge is 2.30. The number of carbonyl (C=O) groups excluding carboxylic acids is 2. The quantitative estimate of drug-likeness (QED) is 0.794. The van der Waals surface area contributed by atoms with Crippen molar-refractivity contribution in [1.82, 2.24) is 9.80 Å². The zero-order valence-electron chi connectivity index (χ0n) is 16.7. The summed E-state index contributed by atoms with van der Waals surface area (Å²) in [5.74, 6) is 0.492. The number of benzene rings is 2. The molecule has 154 valence electrons. The summed E-state index contributed by atoms with van der Waals surface area (Å²) >= 11 is 6.10. The second kappa shape index (κ2) is 9.65. The van der Waals surface area contributed by atoms with Crippen LogP contribution in [0.1, 0.15) is 18.4 Å². The van der Waals surface area contributed by atoms with Crippen molar-refractivity contribution in [3.05, 3.63) is 59.1 Å². The van der Waals surface area contributed by atoms with Gasteiger partial charge in [0.15, 0.2) is 0 Å². The summed E-state index contributed by atoms with van der Waals surface area (Å²) in [5.41, 5.74) is 1.60. The van der Waals surface area contributed by atoms with E-state index in [1.54, 1.807) is 36.1 Å². The minimum Gasteiger partial charge on any atom is -0.496 e. The van der Waals surface area contributed by atoms with E-state index in [1.165, 1.54) is 0 Å². The van der Waals surface area contributed by atoms with Gasteiger partial charge in [-0.25, -0.2) is 4.79 Å². The van der Waals surface area contributed by atoms with Gasteiger partial charge in [-0.3, -0.25) is 4.79 Å². The summed E-state index contributed by atoms with van der Waals surface area (Å²) in [4.78, 5) is 29.0. The molecule has 1 N–H and O–H groups in total. The first-order valence-corrected chi connectivity index (χ1v) is 10.0. The molecule has 3 rings (SSSR count). The van der Waals surface area contributed by atoms with E-state index in [9.17, 15) is 9.59 Å². The van der Waals surface area contributed by atoms with Crippen LogP contribution in [0.4, 0.5) is 10.5 Å². The third-order valence-electron chi connectivity index (χ3n) is 5.11. The summed E-state index contributed by atoms with van der Waals surface area (Å²) in [6.07, 6.45) is 1.57. The number of hydrogen-bond acceptors (Lipinski definition) is 3. The third-order valence-corrected chi connectivity index (χ3v) is 5.34. The number of para-hydroxylation sites is 1. The number of likely N-dealkylation sites (tertiary alicyclic amines) is 1. The fraction of sp³-hybridized carbons (Fsp3) is 0.364. The second-order valence-electron chi connectivity index (χ2n) is 7.23. The number of halogens is 1. The lowest BCUT2D eigenvalue weighted by Crippen LogP contribution is -2.47. The number of urea groups is 1. The molecule has 0 saturated carbocycles. The first-order valence-electron chi connectivity index (χ1n) is 9.66. The molecule has 2 aromatic rings. The van der Waals surface area contributed by atoms with E-state index >= 15 is 0 Å². The van der Waals surface area contributed by atoms with Crippen molar-refractivity contribution in [1.29, 1.82) is 0 Å². The number of nitrogens with zero attached hydrogens (tertiary/aromatic N) is 2. The molecule has 1 saturated heterocycles. The Kier molecular flexibility index (Phi) is 6.99. The Morgan fingerprint density at radius 2 is 2.00 bits per heavy atom. The molecule has 1 aliphatic rings. The molecule has 29 heavy (non-hydrogen) atoms. The Balaban J connectivity index is 1.61. The molecule has 0 unspecified atom stereocenters. The molecule has 2 aromatic carbocycles. The van der Waals surface area contributed by atoms with E-state index in [1.807, 2.05) is 36.4 Å². The van der Waals surface area contributed by atoms with E-state index in [4.69, 9.17) is 16.3 Å². The van der Waals surface area contributed by atoms with Crippen molar-refractivity contribution >= 4 is 29.2 Å². The smallest absolute Gasteiger partial charge is 0.321 e. The molecular weight excluding hydrogens is 390 g/mol. The van der Waals surface area contributed by atoms with Crippen molar-refractivity contribution in [3.8, 4) is 5.75 Å². The number of anilines is 1. The molecule has 0 bridgehead atoms. The molecule has 3 amide bonds. The highest BCUT2D eigenvalue weighted by atomic mass is 35.5. The molecule has 1 aliphatic heterocycles. The standard InChI is InChI=1S/C22H26ClN3O3/c1-25(14-17-13-18(23)10-11-20(17)29-2)21(27)16-7-6-12-26(15-16)22(28)24-19-8-4-3-5-9-19/h3-5,8-11,13,16H,6-7,12,14-15H2,1-2H3,(H,24,28)/t16-/m0/s1. The van der Waals surface area contributed by atoms with Gasteiger partial charge in [-0.15, -0.1) is 0 Å². The zero-order valence-corrected chi connectivity index (χ0v) is 17.5. The second-order valence-corrected chi connectivity index (χ2v) is 7.67. The first-order chi connectivity index (χ1) is 14.0. The maximum atomic E-state index is 13.0. The fourth-order valence-corrected chi connectivity index (χ4v) is 3.80. The summed E-state index contributed by atoms with van der Waals surface area (Å²) in [7, 11) is 3.37. The van der Waals surface area contributed by atoms with Crippen LogP contribution in [0.5, 0.6) is 5.75 Å². The van der Waals surface area contributed by atoms with Gasteiger partial charge in [0.2, 0.25) is 5.91 Å². The van der Waals surface area contributed by atoms with E-state index in [0.717, 1.165) is 24.1 Å². The molecule has 0 radical (unpaired) electrons. The average Bonchev–Trinajstić information content (AvgIpc) is 2.74. The maximum Gasteiger partial charge on any atom is 0.321 e. The summed E-state index contributed by atoms with van der Waals surface area (Å²) in [6, 6.07) is 14.5. The van der Waals surface area contributed by atoms with Gasteiger partial charge >= 0.3 is 6.03 Å². The molecule has 0 aromatic heterocycles. The molecule has 0 aliphatic carbocycles. The van der Waals surface area contributed by atoms with Crippen LogP contribution in [0.15, 0.2) is 48.5 Å². The third kappa shape index (κ3) is 5.41. The number of hydrogen-bond donors (Lipinski definition) is 1. The number of carbonyl (C=O) groups is 2. The lowest BCUT2D eigenvalue weighted by molar-refractivity contribution is -0.136. The van der Waals surface area contributed by atoms with Crippen LogP contribution in [0.25, 0.3) is 0 Å². The number of nitrogens with one attached hydrogen (secondary N) is 1. The van der Waals surface area contributed by atoms with Gasteiger partial charge in [0.25, 0.3) is 0 Å². The van der Waals surface area contributed by atoms with Crippen molar-refractivity contribution in [2.24, 2.45) is 5.92 Å². The molecule has 6 nitrogen and oxygen atoms in total. The number of methoxy groups -OCH3 is 1. The summed E-state index contributed by atoms with van der Waals surface area (Å²) in [6.45, 7) is 1.46. The van der Waals surface area contributed by atoms with Gasteiger partial charge in [0, 0.05) is 43.0 Å². The minimum absolute atomic E-state index is 0.0178. The highest BCUT2D eigenvalue weighted by Crippen LogP contribution is 2.25. The normalized spacial score (nSPS) is 16.2. The Labute approximate surface area is 176 Å². The minimum atomic E-state index is -0.222. The fourth-order valence-electron chi connectivity index (χ4n) is 3.60. The van der Waals surface area contributed by atoms with E-state index in [-0.39, 0.29) is 17.9 Å². The summed E-state index contributed by atoms with van der Waals surface area (Å²) < 4.78 is 5.37. The average molecular weight is 416 g/mol. The van der Waals surface area contributed by atoms with Gasteiger partial charge < -0.3 is 19.9 Å². The van der Waals surface area contributed by atoms with Gasteiger partial charge in [0.05, 0.1) is 13.0 Å². The number of rotatable bonds is 5. The van der Waals surface area contributed by atoms with Crippen LogP contribution in [-0.4, -0.2) is 49.0 Å². The molecule has 1 heterocycles.